The van der Waals surface area contributed by atoms with Gasteiger partial charge >= 0.3 is 0 Å². The second-order valence-corrected chi connectivity index (χ2v) is 5.03. The summed E-state index contributed by atoms with van der Waals surface area (Å²) >= 11 is 14.8. The van der Waals surface area contributed by atoms with Crippen LogP contribution in [-0.2, 0) is 0 Å². The highest BCUT2D eigenvalue weighted by atomic mass is 79.9. The Kier molecular flexibility index (Phi) is 2.69. The molecule has 0 aliphatic rings. The molecule has 3 rings (SSSR count). The normalized spacial score (nSPS) is 11.6. The lowest BCUT2D eigenvalue weighted by molar-refractivity contribution is 0.563. The van der Waals surface area contributed by atoms with E-state index in [1.165, 1.54) is 0 Å². The zero-order valence-corrected chi connectivity index (χ0v) is 11.9. The van der Waals surface area contributed by atoms with Crippen molar-refractivity contribution in [2.45, 2.75) is 6.92 Å². The van der Waals surface area contributed by atoms with Crippen molar-refractivity contribution in [1.82, 2.24) is 15.0 Å². The summed E-state index contributed by atoms with van der Waals surface area (Å²) in [6.07, 6.45) is 0. The Labute approximate surface area is 118 Å². The van der Waals surface area contributed by atoms with Crippen molar-refractivity contribution in [2.75, 3.05) is 0 Å². The van der Waals surface area contributed by atoms with Crippen molar-refractivity contribution in [1.29, 1.82) is 0 Å². The molecule has 0 saturated carbocycles. The number of hydrogen-bond donors (Lipinski definition) is 0. The van der Waals surface area contributed by atoms with Crippen LogP contribution in [0.4, 0.5) is 4.39 Å². The minimum Gasteiger partial charge on any atom is -0.440 e. The predicted octanol–water partition coefficient (Wildman–Crippen LogP) is 4.29. The quantitative estimate of drug-likeness (QED) is 0.448. The number of aryl methyl sites for hydroxylation is 1. The summed E-state index contributed by atoms with van der Waals surface area (Å²) < 4.78 is 19.7. The molecule has 18 heavy (non-hydrogen) atoms. The second-order valence-electron chi connectivity index (χ2n) is 3.55. The summed E-state index contributed by atoms with van der Waals surface area (Å²) in [6, 6.07) is 0. The van der Waals surface area contributed by atoms with Gasteiger partial charge in [0.05, 0.1) is 9.86 Å². The number of hydrogen-bond acceptors (Lipinski definition) is 4. The summed E-state index contributed by atoms with van der Waals surface area (Å²) in [7, 11) is 0. The Morgan fingerprint density at radius 2 is 1.89 bits per heavy atom. The molecule has 92 valence electrons. The van der Waals surface area contributed by atoms with E-state index in [1.54, 1.807) is 6.92 Å². The third kappa shape index (κ3) is 1.60. The molecule has 0 unspecified atom stereocenters. The number of aromatic nitrogens is 3. The standard InChI is InChI=1S/C10H3BrCl2FN3O/c1-2-15-7-4(11)5(14)6-3(8(7)18-2)9(12)17-10(13)16-6/h1H3. The maximum absolute atomic E-state index is 14.2. The molecular weight excluding hydrogens is 348 g/mol. The predicted molar refractivity (Wildman–Crippen MR) is 69.5 cm³/mol. The van der Waals surface area contributed by atoms with E-state index in [0.29, 0.717) is 17.0 Å². The van der Waals surface area contributed by atoms with Gasteiger partial charge in [-0.15, -0.1) is 0 Å². The Hall–Kier alpha value is -0.980. The molecule has 0 spiro atoms. The molecule has 0 radical (unpaired) electrons. The lowest BCUT2D eigenvalue weighted by atomic mass is 10.2. The van der Waals surface area contributed by atoms with Gasteiger partial charge in [0.2, 0.25) is 5.28 Å². The molecule has 0 fully saturated rings. The number of rotatable bonds is 0. The van der Waals surface area contributed by atoms with Crippen molar-refractivity contribution in [3.8, 4) is 0 Å². The van der Waals surface area contributed by atoms with Gasteiger partial charge in [-0.1, -0.05) is 11.6 Å². The Morgan fingerprint density at radius 3 is 2.61 bits per heavy atom. The van der Waals surface area contributed by atoms with Crippen LogP contribution in [0.25, 0.3) is 22.0 Å². The summed E-state index contributed by atoms with van der Waals surface area (Å²) in [5.74, 6) is -0.208. The third-order valence-corrected chi connectivity index (χ3v) is 3.57. The van der Waals surface area contributed by atoms with Crippen LogP contribution in [0, 0.1) is 12.7 Å². The van der Waals surface area contributed by atoms with Crippen molar-refractivity contribution < 1.29 is 8.81 Å². The molecule has 0 bridgehead atoms. The molecule has 0 aliphatic carbocycles. The SMILES string of the molecule is Cc1nc2c(Br)c(F)c3nc(Cl)nc(Cl)c3c2o1. The fourth-order valence-electron chi connectivity index (χ4n) is 1.72. The first-order valence-electron chi connectivity index (χ1n) is 4.76. The number of nitrogens with zero attached hydrogens (tertiary/aromatic N) is 3. The highest BCUT2D eigenvalue weighted by Gasteiger charge is 2.21. The van der Waals surface area contributed by atoms with Gasteiger partial charge in [-0.25, -0.2) is 19.3 Å². The minimum atomic E-state index is -0.600. The summed E-state index contributed by atoms with van der Waals surface area (Å²) in [5, 5.41) is 0.156. The molecule has 3 aromatic rings. The average molecular weight is 351 g/mol. The van der Waals surface area contributed by atoms with Crippen molar-refractivity contribution in [2.24, 2.45) is 0 Å². The van der Waals surface area contributed by atoms with E-state index in [0.717, 1.165) is 0 Å². The Balaban J connectivity index is 2.68. The molecule has 4 nitrogen and oxygen atoms in total. The van der Waals surface area contributed by atoms with Gasteiger partial charge in [0.15, 0.2) is 17.3 Å². The molecule has 1 aromatic carbocycles. The highest BCUT2D eigenvalue weighted by Crippen LogP contribution is 2.37. The molecule has 0 saturated heterocycles. The van der Waals surface area contributed by atoms with E-state index in [-0.39, 0.29) is 25.8 Å². The number of benzene rings is 1. The first kappa shape index (κ1) is 12.1. The zero-order valence-electron chi connectivity index (χ0n) is 8.76. The van der Waals surface area contributed by atoms with E-state index in [1.807, 2.05) is 0 Å². The van der Waals surface area contributed by atoms with E-state index in [9.17, 15) is 4.39 Å². The topological polar surface area (TPSA) is 51.8 Å². The Bertz CT molecular complexity index is 805. The monoisotopic (exact) mass is 349 g/mol. The van der Waals surface area contributed by atoms with Crippen LogP contribution >= 0.6 is 39.1 Å². The minimum absolute atomic E-state index is 0.00414. The van der Waals surface area contributed by atoms with Crippen molar-refractivity contribution in [3.63, 3.8) is 0 Å². The van der Waals surface area contributed by atoms with Gasteiger partial charge in [0.1, 0.15) is 16.2 Å². The molecule has 0 amide bonds. The van der Waals surface area contributed by atoms with Crippen LogP contribution in [0.2, 0.25) is 10.4 Å². The lowest BCUT2D eigenvalue weighted by Gasteiger charge is -2.03. The Morgan fingerprint density at radius 1 is 1.17 bits per heavy atom. The van der Waals surface area contributed by atoms with Crippen molar-refractivity contribution in [3.05, 3.63) is 26.6 Å². The van der Waals surface area contributed by atoms with Gasteiger partial charge in [0, 0.05) is 6.92 Å². The molecule has 8 heteroatoms. The lowest BCUT2D eigenvalue weighted by Crippen LogP contribution is -1.92. The van der Waals surface area contributed by atoms with Crippen LogP contribution in [0.15, 0.2) is 8.89 Å². The van der Waals surface area contributed by atoms with Crippen LogP contribution in [0.3, 0.4) is 0 Å². The number of fused-ring (bicyclic) bond motifs is 3. The van der Waals surface area contributed by atoms with E-state index < -0.39 is 5.82 Å². The zero-order chi connectivity index (χ0) is 13.0. The average Bonchev–Trinajstić information content (AvgIpc) is 2.67. The molecule has 0 atom stereocenters. The maximum atomic E-state index is 14.2. The summed E-state index contributed by atoms with van der Waals surface area (Å²) in [5.41, 5.74) is 0.665. The van der Waals surface area contributed by atoms with E-state index in [4.69, 9.17) is 27.6 Å². The number of oxazole rings is 1. The molecule has 0 aliphatic heterocycles. The van der Waals surface area contributed by atoms with Gasteiger partial charge in [-0.05, 0) is 27.5 Å². The fourth-order valence-corrected chi connectivity index (χ4v) is 2.65. The second kappa shape index (κ2) is 4.01. The maximum Gasteiger partial charge on any atom is 0.224 e. The smallest absolute Gasteiger partial charge is 0.224 e. The molecular formula is C10H3BrCl2FN3O. The van der Waals surface area contributed by atoms with E-state index >= 15 is 0 Å². The van der Waals surface area contributed by atoms with E-state index in [2.05, 4.69) is 30.9 Å². The van der Waals surface area contributed by atoms with Crippen LogP contribution in [0.5, 0.6) is 0 Å². The first-order chi connectivity index (χ1) is 8.49. The van der Waals surface area contributed by atoms with Crippen LogP contribution < -0.4 is 0 Å². The third-order valence-electron chi connectivity index (χ3n) is 2.41. The van der Waals surface area contributed by atoms with Gasteiger partial charge in [-0.3, -0.25) is 0 Å². The molecule has 0 N–H and O–H groups in total. The van der Waals surface area contributed by atoms with Crippen molar-refractivity contribution >= 4 is 61.1 Å². The van der Waals surface area contributed by atoms with Crippen LogP contribution in [-0.4, -0.2) is 15.0 Å². The summed E-state index contributed by atoms with van der Waals surface area (Å²) in [4.78, 5) is 11.7. The molecule has 2 heterocycles. The first-order valence-corrected chi connectivity index (χ1v) is 6.30. The van der Waals surface area contributed by atoms with Gasteiger partial charge in [0.25, 0.3) is 0 Å². The van der Waals surface area contributed by atoms with Crippen LogP contribution in [0.1, 0.15) is 5.89 Å². The largest absolute Gasteiger partial charge is 0.440 e. The highest BCUT2D eigenvalue weighted by molar-refractivity contribution is 9.10. The molecule has 2 aromatic heterocycles. The summed E-state index contributed by atoms with van der Waals surface area (Å²) in [6.45, 7) is 1.65. The fraction of sp³-hybridized carbons (Fsp3) is 0.100. The van der Waals surface area contributed by atoms with Gasteiger partial charge in [-0.2, -0.15) is 0 Å². The van der Waals surface area contributed by atoms with Gasteiger partial charge < -0.3 is 4.42 Å². The number of halogens is 4.